The van der Waals surface area contributed by atoms with Gasteiger partial charge in [-0.25, -0.2) is 0 Å². The molecule has 604 valence electrons. The number of unbranched alkanes of at least 4 members (excludes halogenated alkanes) is 48. The van der Waals surface area contributed by atoms with E-state index in [1.807, 2.05) is 0 Å². The quantitative estimate of drug-likeness (QED) is 0.0254. The molecule has 1 aliphatic heterocycles. The largest absolute Gasteiger partial charge is 0.463 e. The Morgan fingerprint density at radius 3 is 0.510 bits per heavy atom. The Morgan fingerprint density at radius 1 is 0.225 bits per heavy atom. The molecule has 0 amide bonds. The number of ether oxygens (including phenoxy) is 4. The predicted molar refractivity (Wildman–Crippen MR) is 424 cm³/mol. The molecule has 1 saturated heterocycles. The highest BCUT2D eigenvalue weighted by Gasteiger charge is 2.23. The normalized spacial score (nSPS) is 15.5. The van der Waals surface area contributed by atoms with Gasteiger partial charge in [0.05, 0.1) is 0 Å². The van der Waals surface area contributed by atoms with Crippen LogP contribution in [0.15, 0.2) is 0 Å². The molecule has 1 fully saturated rings. The third-order valence-electron chi connectivity index (χ3n) is 20.9. The van der Waals surface area contributed by atoms with Crippen molar-refractivity contribution in [3.63, 3.8) is 0 Å². The van der Waals surface area contributed by atoms with Gasteiger partial charge in [0.25, 0.3) is 0 Å². The molecular weight excluding hydrogens is 1280 g/mol. The summed E-state index contributed by atoms with van der Waals surface area (Å²) in [5.41, 5.74) is 0. The van der Waals surface area contributed by atoms with Crippen molar-refractivity contribution in [2.24, 2.45) is 0 Å². The van der Waals surface area contributed by atoms with Crippen molar-refractivity contribution in [1.82, 2.24) is 19.6 Å². The number of carbonyl (C=O) groups excluding carboxylic acids is 4. The number of esters is 4. The van der Waals surface area contributed by atoms with E-state index < -0.39 is 24.4 Å². The zero-order chi connectivity index (χ0) is 74.1. The highest BCUT2D eigenvalue weighted by molar-refractivity contribution is 5.70. The first-order valence-electron chi connectivity index (χ1n) is 44.1. The molecule has 1 rings (SSSR count). The highest BCUT2D eigenvalue weighted by Crippen LogP contribution is 2.19. The second kappa shape index (κ2) is 75.4. The fourth-order valence-electron chi connectivity index (χ4n) is 14.4. The SMILES string of the molecule is CCCCCCCCCCCCCCCC(=O)OCC(O)CN1CCCN(CC(O)COC(=O)CCCCCCCCCCCCCCC)CCN(CC(O)COC(=O)CCCCCCCCCCCCCCC)CCCN(CC(O)COC(=O)CCCCCCCCCCCCCCC)CC1. The van der Waals surface area contributed by atoms with Gasteiger partial charge in [-0.05, 0) is 64.7 Å². The van der Waals surface area contributed by atoms with E-state index in [9.17, 15) is 39.6 Å². The van der Waals surface area contributed by atoms with Crippen molar-refractivity contribution in [2.75, 3.05) is 105 Å². The molecule has 102 heavy (non-hydrogen) atoms. The molecule has 0 bridgehead atoms. The summed E-state index contributed by atoms with van der Waals surface area (Å²) in [6.07, 6.45) is 62.8. The van der Waals surface area contributed by atoms with Crippen LogP contribution in [0.5, 0.6) is 0 Å². The Bertz CT molecular complexity index is 1570. The van der Waals surface area contributed by atoms with Crippen LogP contribution < -0.4 is 0 Å². The van der Waals surface area contributed by atoms with Gasteiger partial charge in [-0.3, -0.25) is 38.8 Å². The summed E-state index contributed by atoms with van der Waals surface area (Å²) in [4.78, 5) is 60.5. The average Bonchev–Trinajstić information content (AvgIpc) is 1.31. The van der Waals surface area contributed by atoms with E-state index in [2.05, 4.69) is 47.3 Å². The number of rotatable bonds is 72. The Hall–Kier alpha value is -2.44. The summed E-state index contributed by atoms with van der Waals surface area (Å²) in [6, 6.07) is 0. The number of aliphatic hydroxyl groups excluding tert-OH is 4. The van der Waals surface area contributed by atoms with E-state index in [1.54, 1.807) is 0 Å². The minimum absolute atomic E-state index is 0.0996. The third-order valence-corrected chi connectivity index (χ3v) is 20.9. The van der Waals surface area contributed by atoms with Crippen LogP contribution in [0.2, 0.25) is 0 Å². The minimum Gasteiger partial charge on any atom is -0.463 e. The molecule has 1 heterocycles. The fraction of sp³-hybridized carbons (Fsp3) is 0.953. The van der Waals surface area contributed by atoms with Gasteiger partial charge in [-0.1, -0.05) is 336 Å². The maximum Gasteiger partial charge on any atom is 0.305 e. The van der Waals surface area contributed by atoms with Gasteiger partial charge >= 0.3 is 23.9 Å². The lowest BCUT2D eigenvalue weighted by Crippen LogP contribution is -2.47. The monoisotopic (exact) mass is 1450 g/mol. The van der Waals surface area contributed by atoms with E-state index in [-0.39, 0.29) is 76.5 Å². The van der Waals surface area contributed by atoms with Gasteiger partial charge in [0.1, 0.15) is 50.8 Å². The zero-order valence-electron chi connectivity index (χ0n) is 67.5. The van der Waals surface area contributed by atoms with Gasteiger partial charge in [-0.2, -0.15) is 0 Å². The molecule has 1 aliphatic rings. The second-order valence-electron chi connectivity index (χ2n) is 31.2. The van der Waals surface area contributed by atoms with E-state index in [0.29, 0.717) is 90.9 Å². The molecule has 4 atom stereocenters. The van der Waals surface area contributed by atoms with Gasteiger partial charge in [0.15, 0.2) is 0 Å². The Balaban J connectivity index is 3.06. The predicted octanol–water partition coefficient (Wildman–Crippen LogP) is 19.5. The van der Waals surface area contributed by atoms with Crippen molar-refractivity contribution < 1.29 is 58.6 Å². The van der Waals surface area contributed by atoms with Crippen LogP contribution in [0.3, 0.4) is 0 Å². The highest BCUT2D eigenvalue weighted by atomic mass is 16.6. The topological polar surface area (TPSA) is 199 Å². The summed E-state index contributed by atoms with van der Waals surface area (Å²) in [6.45, 7) is 14.2. The van der Waals surface area contributed by atoms with E-state index in [1.165, 1.54) is 257 Å². The van der Waals surface area contributed by atoms with Crippen molar-refractivity contribution in [2.45, 2.75) is 425 Å². The lowest BCUT2D eigenvalue weighted by atomic mass is 10.0. The van der Waals surface area contributed by atoms with Crippen molar-refractivity contribution >= 4 is 23.9 Å². The second-order valence-corrected chi connectivity index (χ2v) is 31.2. The van der Waals surface area contributed by atoms with Crippen molar-refractivity contribution in [1.29, 1.82) is 0 Å². The van der Waals surface area contributed by atoms with Gasteiger partial charge < -0.3 is 39.4 Å². The maximum absolute atomic E-state index is 13.0. The van der Waals surface area contributed by atoms with Gasteiger partial charge in [0, 0.05) is 78.0 Å². The molecule has 16 heteroatoms. The van der Waals surface area contributed by atoms with Crippen LogP contribution in [0, 0.1) is 0 Å². The molecule has 16 nitrogen and oxygen atoms in total. The van der Waals surface area contributed by atoms with Crippen LogP contribution in [0.25, 0.3) is 0 Å². The Morgan fingerprint density at radius 2 is 0.363 bits per heavy atom. The zero-order valence-corrected chi connectivity index (χ0v) is 67.5. The van der Waals surface area contributed by atoms with Gasteiger partial charge in [0.2, 0.25) is 0 Å². The van der Waals surface area contributed by atoms with Crippen molar-refractivity contribution in [3.05, 3.63) is 0 Å². The molecule has 0 aromatic carbocycles. The van der Waals surface area contributed by atoms with Gasteiger partial charge in [-0.15, -0.1) is 0 Å². The smallest absolute Gasteiger partial charge is 0.305 e. The third kappa shape index (κ3) is 68.1. The minimum atomic E-state index is -0.918. The van der Waals surface area contributed by atoms with Crippen LogP contribution in [0.4, 0.5) is 0 Å². The van der Waals surface area contributed by atoms with Crippen LogP contribution >= 0.6 is 0 Å². The maximum atomic E-state index is 13.0. The molecule has 0 aliphatic carbocycles. The number of nitrogens with zero attached hydrogens (tertiary/aromatic N) is 4. The lowest BCUT2D eigenvalue weighted by Gasteiger charge is -2.34. The molecular formula is C86H168N4O12. The Kier molecular flexibility index (Phi) is 72.1. The summed E-state index contributed by atoms with van der Waals surface area (Å²) in [7, 11) is 0. The molecule has 0 aromatic heterocycles. The lowest BCUT2D eigenvalue weighted by molar-refractivity contribution is -0.148. The van der Waals surface area contributed by atoms with Crippen LogP contribution in [-0.2, 0) is 38.1 Å². The Labute approximate surface area is 628 Å². The first-order valence-corrected chi connectivity index (χ1v) is 44.1. The first-order chi connectivity index (χ1) is 49.9. The molecule has 0 saturated carbocycles. The fourth-order valence-corrected chi connectivity index (χ4v) is 14.4. The molecule has 0 radical (unpaired) electrons. The van der Waals surface area contributed by atoms with E-state index in [4.69, 9.17) is 18.9 Å². The summed E-state index contributed by atoms with van der Waals surface area (Å²) in [5, 5.41) is 45.9. The average molecular weight is 1450 g/mol. The molecule has 0 aromatic rings. The number of hydrogen-bond donors (Lipinski definition) is 4. The summed E-state index contributed by atoms with van der Waals surface area (Å²) in [5.74, 6) is -1.15. The van der Waals surface area contributed by atoms with Crippen LogP contribution in [0.1, 0.15) is 400 Å². The molecule has 4 unspecified atom stereocenters. The van der Waals surface area contributed by atoms with Crippen molar-refractivity contribution in [3.8, 4) is 0 Å². The van der Waals surface area contributed by atoms with E-state index >= 15 is 0 Å². The number of hydrogen-bond acceptors (Lipinski definition) is 16. The molecule has 0 spiro atoms. The summed E-state index contributed by atoms with van der Waals surface area (Å²) < 4.78 is 22.7. The number of β-amino-alcohol motifs (C(OH)–C–C–N with tert-alkyl or cyclic N) is 4. The number of carbonyl (C=O) groups is 4. The van der Waals surface area contributed by atoms with E-state index in [0.717, 1.165) is 77.0 Å². The molecule has 4 N–H and O–H groups in total. The number of aliphatic hydroxyl groups is 4. The first kappa shape index (κ1) is 97.6. The standard InChI is InChI=1S/C86H168N4O12/c1-5-9-13-17-21-25-29-33-37-41-45-49-53-59-83(95)99-75-79(91)71-87-63-57-64-89(73-81(93)77-101-85(97)61-55-51-47-43-39-35-31-27-23-19-15-11-7-3)69-70-90(74-82(94)78-102-86(98)62-56-52-48-44-40-36-32-28-24-20-16-12-8-4)66-58-65-88(68-67-87)72-80(92)76-100-84(96)60-54-50-46-42-38-34-30-26-22-18-14-10-6-2/h79-82,91-94H,5-78H2,1-4H3. The summed E-state index contributed by atoms with van der Waals surface area (Å²) >= 11 is 0. The van der Waals surface area contributed by atoms with Crippen LogP contribution in [-0.4, -0.2) is 193 Å².